The number of hydrogen-bond donors (Lipinski definition) is 2. The van der Waals surface area contributed by atoms with E-state index in [1.165, 1.54) is 0 Å². The van der Waals surface area contributed by atoms with Crippen LogP contribution in [0.25, 0.3) is 0 Å². The summed E-state index contributed by atoms with van der Waals surface area (Å²) in [5.41, 5.74) is 0. The number of rotatable bonds is 11. The van der Waals surface area contributed by atoms with Gasteiger partial charge in [-0.2, -0.15) is 0 Å². The van der Waals surface area contributed by atoms with Gasteiger partial charge in [-0.25, -0.2) is 0 Å². The van der Waals surface area contributed by atoms with Crippen molar-refractivity contribution in [2.45, 2.75) is 25.7 Å². The SMILES string of the molecule is O=C([O-])C=CC(=O)NCCCCCCNC(=O)C=CC(=O)[O-]. The quantitative estimate of drug-likeness (QED) is 0.317. The average Bonchev–Trinajstić information content (AvgIpc) is 2.45. The van der Waals surface area contributed by atoms with Crippen LogP contribution in [-0.4, -0.2) is 36.8 Å². The van der Waals surface area contributed by atoms with Gasteiger partial charge in [-0.15, -0.1) is 0 Å². The molecule has 0 saturated carbocycles. The lowest BCUT2D eigenvalue weighted by Gasteiger charge is -2.04. The Bertz CT molecular complexity index is 414. The smallest absolute Gasteiger partial charge is 0.244 e. The van der Waals surface area contributed by atoms with Gasteiger partial charge in [0.1, 0.15) is 0 Å². The van der Waals surface area contributed by atoms with E-state index in [2.05, 4.69) is 10.6 Å². The molecule has 2 amide bonds. The van der Waals surface area contributed by atoms with E-state index in [0.717, 1.165) is 37.8 Å². The average molecular weight is 310 g/mol. The molecule has 0 rings (SSSR count). The van der Waals surface area contributed by atoms with Gasteiger partial charge in [-0.05, 0) is 25.0 Å². The summed E-state index contributed by atoms with van der Waals surface area (Å²) < 4.78 is 0. The van der Waals surface area contributed by atoms with Crippen molar-refractivity contribution in [1.82, 2.24) is 10.6 Å². The van der Waals surface area contributed by atoms with Gasteiger partial charge >= 0.3 is 0 Å². The normalized spacial score (nSPS) is 10.7. The molecule has 0 fully saturated rings. The predicted molar refractivity (Wildman–Crippen MR) is 72.8 cm³/mol. The van der Waals surface area contributed by atoms with Crippen molar-refractivity contribution >= 4 is 23.8 Å². The van der Waals surface area contributed by atoms with Crippen molar-refractivity contribution in [1.29, 1.82) is 0 Å². The van der Waals surface area contributed by atoms with Crippen molar-refractivity contribution < 1.29 is 29.4 Å². The van der Waals surface area contributed by atoms with Crippen molar-refractivity contribution in [3.05, 3.63) is 24.3 Å². The Kier molecular flexibility index (Phi) is 10.7. The summed E-state index contributed by atoms with van der Waals surface area (Å²) in [4.78, 5) is 42.3. The molecule has 0 aliphatic heterocycles. The van der Waals surface area contributed by atoms with E-state index >= 15 is 0 Å². The monoisotopic (exact) mass is 310 g/mol. The van der Waals surface area contributed by atoms with Crippen molar-refractivity contribution in [2.75, 3.05) is 13.1 Å². The van der Waals surface area contributed by atoms with E-state index in [-0.39, 0.29) is 0 Å². The first-order valence-corrected chi connectivity index (χ1v) is 6.75. The van der Waals surface area contributed by atoms with Gasteiger partial charge in [0.25, 0.3) is 0 Å². The van der Waals surface area contributed by atoms with Crippen LogP contribution in [0, 0.1) is 0 Å². The van der Waals surface area contributed by atoms with Gasteiger partial charge in [0.05, 0.1) is 11.9 Å². The molecular weight excluding hydrogens is 292 g/mol. The van der Waals surface area contributed by atoms with E-state index in [0.29, 0.717) is 25.2 Å². The molecule has 0 aliphatic rings. The van der Waals surface area contributed by atoms with Gasteiger partial charge in [-0.1, -0.05) is 12.8 Å². The lowest BCUT2D eigenvalue weighted by molar-refractivity contribution is -0.298. The lowest BCUT2D eigenvalue weighted by atomic mass is 10.2. The van der Waals surface area contributed by atoms with Gasteiger partial charge < -0.3 is 30.4 Å². The summed E-state index contributed by atoms with van der Waals surface area (Å²) in [6.45, 7) is 0.855. The van der Waals surface area contributed by atoms with Gasteiger partial charge in [0, 0.05) is 25.2 Å². The topological polar surface area (TPSA) is 138 Å². The molecule has 0 unspecified atom stereocenters. The van der Waals surface area contributed by atoms with Crippen LogP contribution in [0.15, 0.2) is 24.3 Å². The minimum atomic E-state index is -1.42. The third-order valence-corrected chi connectivity index (χ3v) is 2.44. The first-order valence-electron chi connectivity index (χ1n) is 6.75. The fraction of sp³-hybridized carbons (Fsp3) is 0.429. The zero-order valence-corrected chi connectivity index (χ0v) is 12.0. The molecule has 0 saturated heterocycles. The Balaban J connectivity index is 3.47. The minimum Gasteiger partial charge on any atom is -0.545 e. The Labute approximate surface area is 127 Å². The molecule has 0 radical (unpaired) electrons. The summed E-state index contributed by atoms with van der Waals surface area (Å²) in [7, 11) is 0. The molecule has 0 heterocycles. The van der Waals surface area contributed by atoms with Crippen molar-refractivity contribution in [3.8, 4) is 0 Å². The molecule has 0 aliphatic carbocycles. The number of carbonyl (C=O) groups is 4. The Morgan fingerprint density at radius 1 is 0.636 bits per heavy atom. The Hall–Kier alpha value is -2.64. The molecule has 22 heavy (non-hydrogen) atoms. The fourth-order valence-corrected chi connectivity index (χ4v) is 1.43. The van der Waals surface area contributed by atoms with Crippen LogP contribution in [0.1, 0.15) is 25.7 Å². The third-order valence-electron chi connectivity index (χ3n) is 2.44. The molecular formula is C14H18N2O6-2. The van der Waals surface area contributed by atoms with E-state index in [9.17, 15) is 29.4 Å². The first-order chi connectivity index (χ1) is 10.4. The lowest BCUT2D eigenvalue weighted by Crippen LogP contribution is -2.25. The molecule has 0 aromatic heterocycles. The van der Waals surface area contributed by atoms with Gasteiger partial charge in [0.2, 0.25) is 11.8 Å². The van der Waals surface area contributed by atoms with E-state index in [4.69, 9.17) is 0 Å². The van der Waals surface area contributed by atoms with Crippen LogP contribution in [0.4, 0.5) is 0 Å². The number of carboxylic acids is 2. The van der Waals surface area contributed by atoms with Crippen molar-refractivity contribution in [2.24, 2.45) is 0 Å². The number of aliphatic carboxylic acids is 2. The standard InChI is InChI=1S/C14H20N2O6/c17-11(5-7-13(19)20)15-9-3-1-2-4-10-16-12(18)6-8-14(21)22/h5-8H,1-4,9-10H2,(H,15,17)(H,16,18)(H,19,20)(H,21,22)/p-2. The number of carboxylic acid groups (broad SMARTS) is 2. The minimum absolute atomic E-state index is 0.428. The third kappa shape index (κ3) is 13.8. The maximum absolute atomic E-state index is 11.1. The second-order valence-corrected chi connectivity index (χ2v) is 4.30. The summed E-state index contributed by atoms with van der Waals surface area (Å²) in [5.74, 6) is -3.83. The Morgan fingerprint density at radius 3 is 1.32 bits per heavy atom. The second-order valence-electron chi connectivity index (χ2n) is 4.30. The van der Waals surface area contributed by atoms with Crippen LogP contribution in [-0.2, 0) is 19.2 Å². The highest BCUT2D eigenvalue weighted by molar-refractivity contribution is 5.93. The van der Waals surface area contributed by atoms with Gasteiger partial charge in [0.15, 0.2) is 0 Å². The van der Waals surface area contributed by atoms with Crippen LogP contribution >= 0.6 is 0 Å². The van der Waals surface area contributed by atoms with Crippen molar-refractivity contribution in [3.63, 3.8) is 0 Å². The molecule has 0 aromatic carbocycles. The molecule has 0 spiro atoms. The highest BCUT2D eigenvalue weighted by Gasteiger charge is 1.96. The molecule has 122 valence electrons. The first kappa shape index (κ1) is 19.4. The zero-order valence-electron chi connectivity index (χ0n) is 12.0. The highest BCUT2D eigenvalue weighted by atomic mass is 16.4. The maximum Gasteiger partial charge on any atom is 0.244 e. The summed E-state index contributed by atoms with van der Waals surface area (Å²) in [6.07, 6.45) is 6.22. The van der Waals surface area contributed by atoms with Crippen LogP contribution < -0.4 is 20.8 Å². The van der Waals surface area contributed by atoms with Crippen LogP contribution in [0.3, 0.4) is 0 Å². The predicted octanol–water partition coefficient (Wildman–Crippen LogP) is -2.61. The second kappa shape index (κ2) is 12.1. The molecule has 8 heteroatoms. The highest BCUT2D eigenvalue weighted by Crippen LogP contribution is 1.97. The Morgan fingerprint density at radius 2 is 1.00 bits per heavy atom. The van der Waals surface area contributed by atoms with Gasteiger partial charge in [-0.3, -0.25) is 9.59 Å². The van der Waals surface area contributed by atoms with E-state index in [1.54, 1.807) is 0 Å². The number of nitrogens with one attached hydrogen (secondary N) is 2. The maximum atomic E-state index is 11.1. The van der Waals surface area contributed by atoms with E-state index in [1.807, 2.05) is 0 Å². The summed E-state index contributed by atoms with van der Waals surface area (Å²) in [6, 6.07) is 0. The summed E-state index contributed by atoms with van der Waals surface area (Å²) >= 11 is 0. The number of hydrogen-bond acceptors (Lipinski definition) is 6. The largest absolute Gasteiger partial charge is 0.545 e. The zero-order chi connectivity index (χ0) is 16.8. The van der Waals surface area contributed by atoms with Crippen LogP contribution in [0.5, 0.6) is 0 Å². The number of amides is 2. The molecule has 2 N–H and O–H groups in total. The molecule has 0 aromatic rings. The fourth-order valence-electron chi connectivity index (χ4n) is 1.43. The molecule has 0 atom stereocenters. The van der Waals surface area contributed by atoms with E-state index < -0.39 is 23.8 Å². The number of unbranched alkanes of at least 4 members (excludes halogenated alkanes) is 3. The van der Waals surface area contributed by atoms with Crippen LogP contribution in [0.2, 0.25) is 0 Å². The molecule has 8 nitrogen and oxygen atoms in total. The number of carbonyl (C=O) groups excluding carboxylic acids is 4. The summed E-state index contributed by atoms with van der Waals surface area (Å²) in [5, 5.41) is 25.2. The molecule has 0 bridgehead atoms.